The molecule has 0 spiro atoms. The summed E-state index contributed by atoms with van der Waals surface area (Å²) in [6, 6.07) is 11.6. The van der Waals surface area contributed by atoms with Crippen LogP contribution in [-0.2, 0) is 23.9 Å². The molecule has 204 valence electrons. The van der Waals surface area contributed by atoms with Crippen LogP contribution in [0.4, 0.5) is 17.6 Å². The van der Waals surface area contributed by atoms with Gasteiger partial charge in [-0.25, -0.2) is 13.9 Å². The predicted octanol–water partition coefficient (Wildman–Crippen LogP) is 4.99. The summed E-state index contributed by atoms with van der Waals surface area (Å²) in [7, 11) is 0. The topological polar surface area (TPSA) is 94.4 Å². The highest BCUT2D eigenvalue weighted by molar-refractivity contribution is 6.21. The number of esters is 1. The fraction of sp³-hybridized carbons (Fsp3) is 0.179. The van der Waals surface area contributed by atoms with Crippen molar-refractivity contribution in [2.45, 2.75) is 26.1 Å². The van der Waals surface area contributed by atoms with E-state index in [0.717, 1.165) is 17.0 Å². The summed E-state index contributed by atoms with van der Waals surface area (Å²) >= 11 is 0. The van der Waals surface area contributed by atoms with Crippen molar-refractivity contribution in [2.24, 2.45) is 0 Å². The van der Waals surface area contributed by atoms with Gasteiger partial charge in [0.2, 0.25) is 0 Å². The van der Waals surface area contributed by atoms with Crippen molar-refractivity contribution in [2.75, 3.05) is 6.61 Å². The minimum atomic E-state index is -4.72. The van der Waals surface area contributed by atoms with Crippen LogP contribution in [0.2, 0.25) is 0 Å². The molecule has 0 saturated heterocycles. The maximum atomic E-state index is 13.9. The SMILES string of the molecule is CCOC(=O)c1cnn(-c2ccnc(Cc3cc(F)cc(C(F)(F)F)c3)c2)c1CN1C(=O)c2ccccc2C1=O. The molecule has 2 amide bonds. The van der Waals surface area contributed by atoms with Gasteiger partial charge in [-0.05, 0) is 55.0 Å². The molecule has 0 saturated carbocycles. The quantitative estimate of drug-likeness (QED) is 0.182. The Morgan fingerprint density at radius 2 is 1.70 bits per heavy atom. The molecule has 8 nitrogen and oxygen atoms in total. The van der Waals surface area contributed by atoms with Gasteiger partial charge in [-0.2, -0.15) is 18.3 Å². The van der Waals surface area contributed by atoms with Gasteiger partial charge in [0.05, 0.1) is 47.4 Å². The van der Waals surface area contributed by atoms with Crippen LogP contribution in [0.1, 0.15) is 60.5 Å². The Bertz CT molecular complexity index is 1610. The number of halogens is 4. The first-order valence-electron chi connectivity index (χ1n) is 12.1. The molecule has 3 heterocycles. The largest absolute Gasteiger partial charge is 0.462 e. The number of alkyl halides is 3. The number of imide groups is 1. The van der Waals surface area contributed by atoms with Crippen LogP contribution in [0.5, 0.6) is 0 Å². The Morgan fingerprint density at radius 3 is 2.35 bits per heavy atom. The van der Waals surface area contributed by atoms with Gasteiger partial charge in [0, 0.05) is 18.3 Å². The standard InChI is InChI=1S/C28H20F4N4O4/c1-2-40-27(39)23-14-34-36(24(23)15-35-25(37)21-5-3-4-6-22(21)26(35)38)20-7-8-33-19(13-20)11-16-9-17(28(30,31)32)12-18(29)10-16/h3-10,12-14H,2,11,15H2,1H3. The smallest absolute Gasteiger partial charge is 0.416 e. The lowest BCUT2D eigenvalue weighted by Crippen LogP contribution is -2.31. The number of pyridine rings is 1. The summed E-state index contributed by atoms with van der Waals surface area (Å²) in [6.07, 6.45) is -2.22. The van der Waals surface area contributed by atoms with Gasteiger partial charge in [0.1, 0.15) is 11.4 Å². The first kappa shape index (κ1) is 26.7. The van der Waals surface area contributed by atoms with E-state index in [-0.39, 0.29) is 53.2 Å². The first-order valence-corrected chi connectivity index (χ1v) is 12.1. The van der Waals surface area contributed by atoms with Gasteiger partial charge in [-0.3, -0.25) is 19.5 Å². The summed E-state index contributed by atoms with van der Waals surface area (Å²) in [4.78, 5) is 43.9. The van der Waals surface area contributed by atoms with Gasteiger partial charge in [-0.15, -0.1) is 0 Å². The third-order valence-corrected chi connectivity index (χ3v) is 6.27. The predicted molar refractivity (Wildman–Crippen MR) is 132 cm³/mol. The lowest BCUT2D eigenvalue weighted by Gasteiger charge is -2.17. The van der Waals surface area contributed by atoms with Gasteiger partial charge in [-0.1, -0.05) is 12.1 Å². The second kappa shape index (κ2) is 10.4. The van der Waals surface area contributed by atoms with Crippen LogP contribution in [0.15, 0.2) is 67.0 Å². The van der Waals surface area contributed by atoms with E-state index in [4.69, 9.17) is 4.74 Å². The van der Waals surface area contributed by atoms with Crippen LogP contribution < -0.4 is 0 Å². The van der Waals surface area contributed by atoms with E-state index >= 15 is 0 Å². The van der Waals surface area contributed by atoms with E-state index in [1.54, 1.807) is 19.1 Å². The van der Waals surface area contributed by atoms with E-state index in [2.05, 4.69) is 10.1 Å². The molecule has 0 radical (unpaired) electrons. The molecular formula is C28H20F4N4O4. The molecule has 4 aromatic rings. The number of amides is 2. The summed E-state index contributed by atoms with van der Waals surface area (Å²) in [5.74, 6) is -2.82. The molecular weight excluding hydrogens is 532 g/mol. The summed E-state index contributed by atoms with van der Waals surface area (Å²) in [5.41, 5.74) is 0.234. The van der Waals surface area contributed by atoms with Crippen LogP contribution in [0.3, 0.4) is 0 Å². The molecule has 0 atom stereocenters. The lowest BCUT2D eigenvalue weighted by molar-refractivity contribution is -0.137. The van der Waals surface area contributed by atoms with E-state index < -0.39 is 35.3 Å². The maximum Gasteiger partial charge on any atom is 0.416 e. The number of benzene rings is 2. The highest BCUT2D eigenvalue weighted by atomic mass is 19.4. The monoisotopic (exact) mass is 552 g/mol. The fourth-order valence-electron chi connectivity index (χ4n) is 4.48. The molecule has 0 bridgehead atoms. The number of carbonyl (C=O) groups excluding carboxylic acids is 3. The second-order valence-corrected chi connectivity index (χ2v) is 8.91. The second-order valence-electron chi connectivity index (χ2n) is 8.91. The van der Waals surface area contributed by atoms with Gasteiger partial charge >= 0.3 is 12.1 Å². The molecule has 0 aliphatic carbocycles. The molecule has 1 aliphatic rings. The van der Waals surface area contributed by atoms with Crippen molar-refractivity contribution in [3.63, 3.8) is 0 Å². The van der Waals surface area contributed by atoms with E-state index in [9.17, 15) is 31.9 Å². The third kappa shape index (κ3) is 5.07. The highest BCUT2D eigenvalue weighted by Crippen LogP contribution is 2.31. The number of carbonyl (C=O) groups is 3. The number of hydrogen-bond donors (Lipinski definition) is 0. The van der Waals surface area contributed by atoms with Crippen molar-refractivity contribution in [3.8, 4) is 5.69 Å². The zero-order valence-corrected chi connectivity index (χ0v) is 20.9. The number of fused-ring (bicyclic) bond motifs is 1. The molecule has 2 aromatic carbocycles. The minimum absolute atomic E-state index is 0.0247. The average Bonchev–Trinajstić information content (AvgIpc) is 3.43. The zero-order chi connectivity index (χ0) is 28.6. The molecule has 0 unspecified atom stereocenters. The molecule has 0 N–H and O–H groups in total. The molecule has 2 aromatic heterocycles. The van der Waals surface area contributed by atoms with Gasteiger partial charge in [0.25, 0.3) is 11.8 Å². The van der Waals surface area contributed by atoms with E-state index in [1.165, 1.54) is 41.3 Å². The Morgan fingerprint density at radius 1 is 1.00 bits per heavy atom. The van der Waals surface area contributed by atoms with Crippen LogP contribution in [0.25, 0.3) is 5.69 Å². The Labute approximate surface area is 224 Å². The number of aromatic nitrogens is 3. The molecule has 40 heavy (non-hydrogen) atoms. The van der Waals surface area contributed by atoms with Crippen molar-refractivity contribution in [3.05, 3.63) is 112 Å². The molecule has 12 heteroatoms. The lowest BCUT2D eigenvalue weighted by atomic mass is 10.0. The third-order valence-electron chi connectivity index (χ3n) is 6.27. The summed E-state index contributed by atoms with van der Waals surface area (Å²) in [6.45, 7) is 1.39. The van der Waals surface area contributed by atoms with E-state index in [0.29, 0.717) is 11.8 Å². The number of hydrogen-bond acceptors (Lipinski definition) is 6. The van der Waals surface area contributed by atoms with Crippen molar-refractivity contribution in [1.29, 1.82) is 0 Å². The number of rotatable bonds is 7. The van der Waals surface area contributed by atoms with Gasteiger partial charge in [0.15, 0.2) is 0 Å². The summed E-state index contributed by atoms with van der Waals surface area (Å²) in [5, 5.41) is 4.27. The minimum Gasteiger partial charge on any atom is -0.462 e. The fourth-order valence-corrected chi connectivity index (χ4v) is 4.48. The number of ether oxygens (including phenoxy) is 1. The normalized spacial score (nSPS) is 13.1. The number of nitrogens with zero attached hydrogens (tertiary/aromatic N) is 4. The molecule has 1 aliphatic heterocycles. The Kier molecular flexibility index (Phi) is 6.92. The van der Waals surface area contributed by atoms with Crippen LogP contribution >= 0.6 is 0 Å². The Balaban J connectivity index is 1.51. The Hall–Kier alpha value is -4.87. The van der Waals surface area contributed by atoms with Gasteiger partial charge < -0.3 is 4.74 Å². The van der Waals surface area contributed by atoms with E-state index in [1.807, 2.05) is 0 Å². The average molecular weight is 552 g/mol. The zero-order valence-electron chi connectivity index (χ0n) is 20.9. The van der Waals surface area contributed by atoms with Crippen molar-refractivity contribution in [1.82, 2.24) is 19.7 Å². The van der Waals surface area contributed by atoms with Crippen LogP contribution in [0, 0.1) is 5.82 Å². The van der Waals surface area contributed by atoms with Crippen molar-refractivity contribution < 1.29 is 36.7 Å². The van der Waals surface area contributed by atoms with Crippen molar-refractivity contribution >= 4 is 17.8 Å². The first-order chi connectivity index (χ1) is 19.1. The molecule has 0 fully saturated rings. The summed E-state index contributed by atoms with van der Waals surface area (Å²) < 4.78 is 59.9. The molecule has 5 rings (SSSR count). The van der Waals surface area contributed by atoms with Crippen LogP contribution in [-0.4, -0.2) is 44.1 Å². The highest BCUT2D eigenvalue weighted by Gasteiger charge is 2.37. The maximum absolute atomic E-state index is 13.9.